The van der Waals surface area contributed by atoms with E-state index < -0.39 is 22.6 Å². The van der Waals surface area contributed by atoms with E-state index in [2.05, 4.69) is 20.9 Å². The summed E-state index contributed by atoms with van der Waals surface area (Å²) in [6, 6.07) is 1.01. The highest BCUT2D eigenvalue weighted by molar-refractivity contribution is 9.10. The SMILES string of the molecule is Cc1cc(C(F)F)c([N+](=O)[O-])c(Br)n1. The summed E-state index contributed by atoms with van der Waals surface area (Å²) in [6.45, 7) is 1.49. The van der Waals surface area contributed by atoms with Crippen molar-refractivity contribution in [2.75, 3.05) is 0 Å². The predicted octanol–water partition coefficient (Wildman–Crippen LogP) is 3.00. The van der Waals surface area contributed by atoms with Gasteiger partial charge >= 0.3 is 5.69 Å². The third-order valence-corrected chi connectivity index (χ3v) is 2.08. The number of alkyl halides is 2. The highest BCUT2D eigenvalue weighted by atomic mass is 79.9. The van der Waals surface area contributed by atoms with Crippen LogP contribution in [0.3, 0.4) is 0 Å². The second kappa shape index (κ2) is 3.95. The molecule has 0 aliphatic carbocycles. The van der Waals surface area contributed by atoms with Crippen LogP contribution < -0.4 is 0 Å². The first kappa shape index (κ1) is 11.0. The first-order chi connectivity index (χ1) is 6.43. The maximum Gasteiger partial charge on any atom is 0.310 e. The molecule has 7 heteroatoms. The van der Waals surface area contributed by atoms with Crippen molar-refractivity contribution in [1.82, 2.24) is 4.98 Å². The van der Waals surface area contributed by atoms with Crippen molar-refractivity contribution in [3.8, 4) is 0 Å². The Morgan fingerprint density at radius 1 is 1.64 bits per heavy atom. The van der Waals surface area contributed by atoms with E-state index in [0.717, 1.165) is 6.07 Å². The summed E-state index contributed by atoms with van der Waals surface area (Å²) < 4.78 is 24.6. The summed E-state index contributed by atoms with van der Waals surface area (Å²) in [6.07, 6.45) is -2.88. The normalized spacial score (nSPS) is 10.6. The van der Waals surface area contributed by atoms with Crippen LogP contribution in [0.4, 0.5) is 14.5 Å². The zero-order valence-corrected chi connectivity index (χ0v) is 8.59. The van der Waals surface area contributed by atoms with Gasteiger partial charge in [0, 0.05) is 5.69 Å². The van der Waals surface area contributed by atoms with E-state index in [0.29, 0.717) is 5.69 Å². The Balaban J connectivity index is 3.44. The fraction of sp³-hybridized carbons (Fsp3) is 0.286. The standard InChI is InChI=1S/C7H5BrF2N2O2/c1-3-2-4(7(9)10)5(12(13)14)6(8)11-3/h2,7H,1H3. The number of hydrogen-bond acceptors (Lipinski definition) is 3. The molecule has 0 aliphatic heterocycles. The monoisotopic (exact) mass is 266 g/mol. The van der Waals surface area contributed by atoms with Crippen molar-refractivity contribution >= 4 is 21.6 Å². The lowest BCUT2D eigenvalue weighted by Gasteiger charge is -2.03. The van der Waals surface area contributed by atoms with Crippen LogP contribution in [0.15, 0.2) is 10.7 Å². The minimum absolute atomic E-state index is 0.169. The first-order valence-electron chi connectivity index (χ1n) is 3.53. The Bertz CT molecular complexity index is 384. The van der Waals surface area contributed by atoms with E-state index in [-0.39, 0.29) is 4.60 Å². The molecule has 0 bridgehead atoms. The van der Waals surface area contributed by atoms with Crippen molar-refractivity contribution in [2.24, 2.45) is 0 Å². The smallest absolute Gasteiger partial charge is 0.258 e. The lowest BCUT2D eigenvalue weighted by atomic mass is 10.2. The van der Waals surface area contributed by atoms with E-state index in [9.17, 15) is 18.9 Å². The molecule has 0 amide bonds. The largest absolute Gasteiger partial charge is 0.310 e. The number of aryl methyl sites for hydroxylation is 1. The molecule has 0 spiro atoms. The van der Waals surface area contributed by atoms with Gasteiger partial charge in [-0.15, -0.1) is 0 Å². The van der Waals surface area contributed by atoms with Gasteiger partial charge in [-0.2, -0.15) is 0 Å². The molecule has 0 aliphatic rings. The summed E-state index contributed by atoms with van der Waals surface area (Å²) in [7, 11) is 0. The fourth-order valence-corrected chi connectivity index (χ4v) is 1.65. The van der Waals surface area contributed by atoms with Crippen molar-refractivity contribution in [1.29, 1.82) is 0 Å². The lowest BCUT2D eigenvalue weighted by Crippen LogP contribution is -2.00. The molecule has 1 aromatic rings. The molecule has 0 fully saturated rings. The Kier molecular flexibility index (Phi) is 3.10. The molecule has 14 heavy (non-hydrogen) atoms. The van der Waals surface area contributed by atoms with E-state index in [4.69, 9.17) is 0 Å². The van der Waals surface area contributed by atoms with Crippen LogP contribution in [0, 0.1) is 17.0 Å². The lowest BCUT2D eigenvalue weighted by molar-refractivity contribution is -0.387. The van der Waals surface area contributed by atoms with Gasteiger partial charge in [-0.25, -0.2) is 13.8 Å². The van der Waals surface area contributed by atoms with Crippen molar-refractivity contribution < 1.29 is 13.7 Å². The minimum atomic E-state index is -2.88. The molecule has 1 aromatic heterocycles. The Labute approximate surface area is 86.2 Å². The van der Waals surface area contributed by atoms with Crippen LogP contribution in [-0.2, 0) is 0 Å². The molecule has 1 rings (SSSR count). The number of hydrogen-bond donors (Lipinski definition) is 0. The molecule has 76 valence electrons. The number of pyridine rings is 1. The summed E-state index contributed by atoms with van der Waals surface area (Å²) in [5.41, 5.74) is -0.988. The number of aromatic nitrogens is 1. The second-order valence-corrected chi connectivity index (χ2v) is 3.30. The second-order valence-electron chi connectivity index (χ2n) is 2.55. The molecule has 0 saturated heterocycles. The van der Waals surface area contributed by atoms with Crippen molar-refractivity contribution in [2.45, 2.75) is 13.3 Å². The number of nitro groups is 1. The van der Waals surface area contributed by atoms with E-state index >= 15 is 0 Å². The van der Waals surface area contributed by atoms with E-state index in [1.54, 1.807) is 0 Å². The molecule has 0 N–H and O–H groups in total. The molecule has 1 heterocycles. The van der Waals surface area contributed by atoms with Crippen LogP contribution >= 0.6 is 15.9 Å². The molecule has 0 atom stereocenters. The minimum Gasteiger partial charge on any atom is -0.258 e. The van der Waals surface area contributed by atoms with Gasteiger partial charge in [-0.1, -0.05) is 0 Å². The van der Waals surface area contributed by atoms with Gasteiger partial charge in [0.05, 0.1) is 4.92 Å². The molecule has 0 unspecified atom stereocenters. The molecular weight excluding hydrogens is 262 g/mol. The average molecular weight is 267 g/mol. The highest BCUT2D eigenvalue weighted by Gasteiger charge is 2.26. The Hall–Kier alpha value is -1.11. The van der Waals surface area contributed by atoms with Gasteiger partial charge in [0.25, 0.3) is 6.43 Å². The Morgan fingerprint density at radius 2 is 2.21 bits per heavy atom. The van der Waals surface area contributed by atoms with Gasteiger partial charge in [-0.05, 0) is 28.9 Å². The number of halogens is 3. The quantitative estimate of drug-likeness (QED) is 0.470. The first-order valence-corrected chi connectivity index (χ1v) is 4.32. The number of rotatable bonds is 2. The van der Waals surface area contributed by atoms with Crippen LogP contribution in [0.2, 0.25) is 0 Å². The third-order valence-electron chi connectivity index (χ3n) is 1.53. The number of nitrogens with zero attached hydrogens (tertiary/aromatic N) is 2. The van der Waals surface area contributed by atoms with Crippen molar-refractivity contribution in [3.05, 3.63) is 32.0 Å². The highest BCUT2D eigenvalue weighted by Crippen LogP contribution is 2.34. The van der Waals surface area contributed by atoms with Gasteiger partial charge < -0.3 is 0 Å². The zero-order valence-electron chi connectivity index (χ0n) is 7.00. The summed E-state index contributed by atoms with van der Waals surface area (Å²) in [4.78, 5) is 13.3. The maximum atomic E-state index is 12.4. The molecule has 0 saturated carbocycles. The van der Waals surface area contributed by atoms with Gasteiger partial charge in [0.2, 0.25) is 0 Å². The summed E-state index contributed by atoms with van der Waals surface area (Å²) in [5, 5.41) is 10.5. The van der Waals surface area contributed by atoms with E-state index in [1.807, 2.05) is 0 Å². The summed E-state index contributed by atoms with van der Waals surface area (Å²) in [5.74, 6) is 0. The average Bonchev–Trinajstić information content (AvgIpc) is 2.01. The molecule has 0 radical (unpaired) electrons. The summed E-state index contributed by atoms with van der Waals surface area (Å²) >= 11 is 2.78. The molecule has 4 nitrogen and oxygen atoms in total. The van der Waals surface area contributed by atoms with Crippen LogP contribution in [-0.4, -0.2) is 9.91 Å². The Morgan fingerprint density at radius 3 is 2.64 bits per heavy atom. The van der Waals surface area contributed by atoms with Crippen molar-refractivity contribution in [3.63, 3.8) is 0 Å². The van der Waals surface area contributed by atoms with Crippen LogP contribution in [0.25, 0.3) is 0 Å². The third kappa shape index (κ3) is 2.03. The van der Waals surface area contributed by atoms with Gasteiger partial charge in [-0.3, -0.25) is 10.1 Å². The van der Waals surface area contributed by atoms with E-state index in [1.165, 1.54) is 6.92 Å². The maximum absolute atomic E-state index is 12.4. The molecule has 0 aromatic carbocycles. The van der Waals surface area contributed by atoms with Crippen LogP contribution in [0.1, 0.15) is 17.7 Å². The topological polar surface area (TPSA) is 56.0 Å². The zero-order chi connectivity index (χ0) is 10.9. The van der Waals surface area contributed by atoms with Crippen LogP contribution in [0.5, 0.6) is 0 Å². The molecular formula is C7H5BrF2N2O2. The van der Waals surface area contributed by atoms with Gasteiger partial charge in [0.15, 0.2) is 4.60 Å². The van der Waals surface area contributed by atoms with Gasteiger partial charge in [0.1, 0.15) is 5.56 Å². The predicted molar refractivity (Wildman–Crippen MR) is 48.3 cm³/mol. The fourth-order valence-electron chi connectivity index (χ4n) is 1.000.